The third kappa shape index (κ3) is 3.35. The van der Waals surface area contributed by atoms with Gasteiger partial charge in [0.1, 0.15) is 0 Å². The molecule has 4 nitrogen and oxygen atoms in total. The van der Waals surface area contributed by atoms with E-state index in [9.17, 15) is 0 Å². The predicted molar refractivity (Wildman–Crippen MR) is 74.3 cm³/mol. The summed E-state index contributed by atoms with van der Waals surface area (Å²) < 4.78 is 5.63. The smallest absolute Gasteiger partial charge is 0.171 e. The zero-order valence-electron chi connectivity index (χ0n) is 11.4. The van der Waals surface area contributed by atoms with Gasteiger partial charge in [-0.15, -0.1) is 0 Å². The Morgan fingerprint density at radius 1 is 1.56 bits per heavy atom. The zero-order chi connectivity index (χ0) is 12.8. The third-order valence-corrected chi connectivity index (χ3v) is 3.34. The molecule has 0 amide bonds. The fourth-order valence-electron chi connectivity index (χ4n) is 2.49. The van der Waals surface area contributed by atoms with E-state index in [0.717, 1.165) is 31.2 Å². The average Bonchev–Trinajstić information content (AvgIpc) is 2.41. The standard InChI is InChI=1S/C14H23N3O/c1-3-18-13-7-5-9-16-14(13)17(2)11-12-6-4-8-15-10-12/h5,7,9,12,15H,3-4,6,8,10-11H2,1-2H3. The van der Waals surface area contributed by atoms with Crippen molar-refractivity contribution < 1.29 is 4.74 Å². The molecule has 100 valence electrons. The maximum atomic E-state index is 5.63. The molecule has 18 heavy (non-hydrogen) atoms. The van der Waals surface area contributed by atoms with Gasteiger partial charge in [0.2, 0.25) is 0 Å². The van der Waals surface area contributed by atoms with E-state index >= 15 is 0 Å². The molecule has 2 rings (SSSR count). The summed E-state index contributed by atoms with van der Waals surface area (Å²) in [5, 5.41) is 3.45. The molecular weight excluding hydrogens is 226 g/mol. The lowest BCUT2D eigenvalue weighted by Crippen LogP contribution is -2.37. The van der Waals surface area contributed by atoms with Crippen LogP contribution in [-0.4, -0.2) is 38.3 Å². The summed E-state index contributed by atoms with van der Waals surface area (Å²) in [5.41, 5.74) is 0. The third-order valence-electron chi connectivity index (χ3n) is 3.34. The predicted octanol–water partition coefficient (Wildman–Crippen LogP) is 1.92. The number of ether oxygens (including phenoxy) is 1. The van der Waals surface area contributed by atoms with Crippen molar-refractivity contribution in [3.63, 3.8) is 0 Å². The minimum absolute atomic E-state index is 0.678. The van der Waals surface area contributed by atoms with Gasteiger partial charge in [-0.05, 0) is 50.9 Å². The molecule has 1 atom stereocenters. The highest BCUT2D eigenvalue weighted by Crippen LogP contribution is 2.25. The zero-order valence-corrected chi connectivity index (χ0v) is 11.4. The van der Waals surface area contributed by atoms with E-state index in [-0.39, 0.29) is 0 Å². The van der Waals surface area contributed by atoms with Crippen LogP contribution in [0.1, 0.15) is 19.8 Å². The second-order valence-electron chi connectivity index (χ2n) is 4.85. The molecule has 1 aliphatic heterocycles. The van der Waals surface area contributed by atoms with Crippen molar-refractivity contribution >= 4 is 5.82 Å². The molecule has 1 fully saturated rings. The van der Waals surface area contributed by atoms with E-state index in [1.807, 2.05) is 25.3 Å². The summed E-state index contributed by atoms with van der Waals surface area (Å²) in [6.07, 6.45) is 4.40. The van der Waals surface area contributed by atoms with E-state index in [4.69, 9.17) is 4.74 Å². The van der Waals surface area contributed by atoms with Crippen LogP contribution in [0.2, 0.25) is 0 Å². The van der Waals surface area contributed by atoms with Gasteiger partial charge in [0.25, 0.3) is 0 Å². The Kier molecular flexibility index (Phi) is 4.81. The van der Waals surface area contributed by atoms with E-state index in [2.05, 4.69) is 22.2 Å². The van der Waals surface area contributed by atoms with Crippen molar-refractivity contribution in [2.75, 3.05) is 38.2 Å². The van der Waals surface area contributed by atoms with Crippen LogP contribution in [-0.2, 0) is 0 Å². The van der Waals surface area contributed by atoms with Crippen LogP contribution >= 0.6 is 0 Å². The molecule has 1 aromatic heterocycles. The molecule has 1 aromatic rings. The van der Waals surface area contributed by atoms with E-state index < -0.39 is 0 Å². The largest absolute Gasteiger partial charge is 0.490 e. The van der Waals surface area contributed by atoms with Gasteiger partial charge in [-0.2, -0.15) is 0 Å². The number of hydrogen-bond acceptors (Lipinski definition) is 4. The molecule has 1 aliphatic rings. The maximum Gasteiger partial charge on any atom is 0.171 e. The molecule has 0 bridgehead atoms. The first-order valence-corrected chi connectivity index (χ1v) is 6.81. The van der Waals surface area contributed by atoms with Crippen LogP contribution < -0.4 is 15.0 Å². The van der Waals surface area contributed by atoms with Crippen LogP contribution in [0.4, 0.5) is 5.82 Å². The first-order valence-electron chi connectivity index (χ1n) is 6.81. The van der Waals surface area contributed by atoms with Crippen LogP contribution in [0.3, 0.4) is 0 Å². The summed E-state index contributed by atoms with van der Waals surface area (Å²) in [6.45, 7) is 5.98. The normalized spacial score (nSPS) is 19.6. The van der Waals surface area contributed by atoms with E-state index in [1.54, 1.807) is 0 Å². The van der Waals surface area contributed by atoms with Crippen molar-refractivity contribution in [2.24, 2.45) is 5.92 Å². The lowest BCUT2D eigenvalue weighted by atomic mass is 9.99. The van der Waals surface area contributed by atoms with Crippen molar-refractivity contribution in [3.8, 4) is 5.75 Å². The monoisotopic (exact) mass is 249 g/mol. The number of anilines is 1. The van der Waals surface area contributed by atoms with Gasteiger partial charge in [-0.1, -0.05) is 0 Å². The topological polar surface area (TPSA) is 37.4 Å². The minimum atomic E-state index is 0.678. The average molecular weight is 249 g/mol. The van der Waals surface area contributed by atoms with Crippen LogP contribution in [0.25, 0.3) is 0 Å². The lowest BCUT2D eigenvalue weighted by Gasteiger charge is -2.29. The molecule has 1 N–H and O–H groups in total. The molecular formula is C14H23N3O. The van der Waals surface area contributed by atoms with Gasteiger partial charge in [-0.25, -0.2) is 4.98 Å². The molecule has 1 saturated heterocycles. The van der Waals surface area contributed by atoms with Gasteiger partial charge >= 0.3 is 0 Å². The Balaban J connectivity index is 2.00. The number of aromatic nitrogens is 1. The number of pyridine rings is 1. The summed E-state index contributed by atoms with van der Waals surface area (Å²) in [5.74, 6) is 2.54. The summed E-state index contributed by atoms with van der Waals surface area (Å²) in [7, 11) is 2.10. The van der Waals surface area contributed by atoms with Crippen LogP contribution in [0.15, 0.2) is 18.3 Å². The van der Waals surface area contributed by atoms with Gasteiger partial charge in [0.05, 0.1) is 6.61 Å². The fraction of sp³-hybridized carbons (Fsp3) is 0.643. The summed E-state index contributed by atoms with van der Waals surface area (Å²) in [4.78, 5) is 6.65. The van der Waals surface area contributed by atoms with E-state index in [1.165, 1.54) is 12.8 Å². The first kappa shape index (κ1) is 13.1. The Morgan fingerprint density at radius 2 is 2.44 bits per heavy atom. The van der Waals surface area contributed by atoms with Gasteiger partial charge in [0, 0.05) is 19.8 Å². The Bertz CT molecular complexity index is 364. The Hall–Kier alpha value is -1.29. The Morgan fingerprint density at radius 3 is 3.17 bits per heavy atom. The highest BCUT2D eigenvalue weighted by Gasteiger charge is 2.17. The van der Waals surface area contributed by atoms with Crippen LogP contribution in [0, 0.1) is 5.92 Å². The first-order chi connectivity index (χ1) is 8.81. The van der Waals surface area contributed by atoms with Crippen molar-refractivity contribution in [3.05, 3.63) is 18.3 Å². The number of piperidine rings is 1. The number of nitrogens with one attached hydrogen (secondary N) is 1. The van der Waals surface area contributed by atoms with Crippen LogP contribution in [0.5, 0.6) is 5.75 Å². The SMILES string of the molecule is CCOc1cccnc1N(C)CC1CCCNC1. The van der Waals surface area contributed by atoms with Gasteiger partial charge < -0.3 is 15.0 Å². The maximum absolute atomic E-state index is 5.63. The molecule has 0 radical (unpaired) electrons. The molecule has 2 heterocycles. The summed E-state index contributed by atoms with van der Waals surface area (Å²) in [6, 6.07) is 3.91. The quantitative estimate of drug-likeness (QED) is 0.865. The fourth-order valence-corrected chi connectivity index (χ4v) is 2.49. The second kappa shape index (κ2) is 6.59. The number of nitrogens with zero attached hydrogens (tertiary/aromatic N) is 2. The van der Waals surface area contributed by atoms with Crippen molar-refractivity contribution in [1.82, 2.24) is 10.3 Å². The minimum Gasteiger partial charge on any atom is -0.490 e. The highest BCUT2D eigenvalue weighted by molar-refractivity contribution is 5.51. The molecule has 0 aromatic carbocycles. The lowest BCUT2D eigenvalue weighted by molar-refractivity contribution is 0.337. The number of hydrogen-bond donors (Lipinski definition) is 1. The second-order valence-corrected chi connectivity index (χ2v) is 4.85. The molecule has 0 spiro atoms. The molecule has 0 aliphatic carbocycles. The van der Waals surface area contributed by atoms with Crippen molar-refractivity contribution in [1.29, 1.82) is 0 Å². The summed E-state index contributed by atoms with van der Waals surface area (Å²) >= 11 is 0. The van der Waals surface area contributed by atoms with Gasteiger partial charge in [0.15, 0.2) is 11.6 Å². The van der Waals surface area contributed by atoms with Crippen molar-refractivity contribution in [2.45, 2.75) is 19.8 Å². The number of rotatable bonds is 5. The van der Waals surface area contributed by atoms with Gasteiger partial charge in [-0.3, -0.25) is 0 Å². The highest BCUT2D eigenvalue weighted by atomic mass is 16.5. The Labute approximate surface area is 109 Å². The molecule has 0 saturated carbocycles. The molecule has 1 unspecified atom stereocenters. The molecule has 4 heteroatoms. The van der Waals surface area contributed by atoms with E-state index in [0.29, 0.717) is 12.5 Å².